The highest BCUT2D eigenvalue weighted by molar-refractivity contribution is 5.78. The molecule has 3 nitrogen and oxygen atoms in total. The molecule has 1 saturated carbocycles. The number of nitrogens with one attached hydrogen (secondary N) is 1. The fourth-order valence-corrected chi connectivity index (χ4v) is 1.91. The van der Waals surface area contributed by atoms with E-state index in [1.807, 2.05) is 6.08 Å². The predicted octanol–water partition coefficient (Wildman–Crippen LogP) is 1.20. The van der Waals surface area contributed by atoms with Gasteiger partial charge in [-0.25, -0.2) is 0 Å². The zero-order valence-corrected chi connectivity index (χ0v) is 8.67. The van der Waals surface area contributed by atoms with E-state index in [0.717, 1.165) is 32.1 Å². The zero-order valence-electron chi connectivity index (χ0n) is 8.67. The molecule has 0 heterocycles. The Balaban J connectivity index is 2.25. The smallest absolute Gasteiger partial charge is 0.223 e. The molecule has 0 aromatic heterocycles. The lowest BCUT2D eigenvalue weighted by atomic mass is 9.85. The van der Waals surface area contributed by atoms with Gasteiger partial charge >= 0.3 is 0 Å². The van der Waals surface area contributed by atoms with Crippen molar-refractivity contribution in [1.29, 1.82) is 0 Å². The second-order valence-corrected chi connectivity index (χ2v) is 3.99. The fourth-order valence-electron chi connectivity index (χ4n) is 1.91. The number of hydrogen-bond donors (Lipinski definition) is 2. The molecule has 1 amide bonds. The van der Waals surface area contributed by atoms with Crippen LogP contribution in [-0.2, 0) is 4.79 Å². The minimum Gasteiger partial charge on any atom is -0.356 e. The van der Waals surface area contributed by atoms with E-state index in [-0.39, 0.29) is 17.9 Å². The summed E-state index contributed by atoms with van der Waals surface area (Å²) >= 11 is 0. The highest BCUT2D eigenvalue weighted by Gasteiger charge is 2.24. The first-order chi connectivity index (χ1) is 6.74. The summed E-state index contributed by atoms with van der Waals surface area (Å²) in [5, 5.41) is 2.91. The van der Waals surface area contributed by atoms with Crippen LogP contribution < -0.4 is 11.1 Å². The highest BCUT2D eigenvalue weighted by atomic mass is 16.1. The van der Waals surface area contributed by atoms with Crippen LogP contribution in [0.1, 0.15) is 32.1 Å². The maximum Gasteiger partial charge on any atom is 0.223 e. The Bertz CT molecular complexity index is 203. The molecule has 1 aliphatic rings. The summed E-state index contributed by atoms with van der Waals surface area (Å²) in [6.45, 7) is 4.31. The maximum atomic E-state index is 11.6. The van der Waals surface area contributed by atoms with Gasteiger partial charge in [-0.15, -0.1) is 6.58 Å². The lowest BCUT2D eigenvalue weighted by molar-refractivity contribution is -0.126. The first kappa shape index (κ1) is 11.2. The maximum absolute atomic E-state index is 11.6. The van der Waals surface area contributed by atoms with Gasteiger partial charge in [0.25, 0.3) is 0 Å². The van der Waals surface area contributed by atoms with Crippen molar-refractivity contribution in [3.8, 4) is 0 Å². The summed E-state index contributed by atoms with van der Waals surface area (Å²) in [5.74, 6) is 0.311. The van der Waals surface area contributed by atoms with E-state index in [1.54, 1.807) is 0 Å². The van der Waals surface area contributed by atoms with Crippen LogP contribution in [0.2, 0.25) is 0 Å². The van der Waals surface area contributed by atoms with E-state index < -0.39 is 0 Å². The minimum atomic E-state index is 0.142. The third-order valence-corrected chi connectivity index (χ3v) is 2.73. The third-order valence-electron chi connectivity index (χ3n) is 2.73. The summed E-state index contributed by atoms with van der Waals surface area (Å²) in [5.41, 5.74) is 5.82. The molecule has 0 spiro atoms. The second-order valence-electron chi connectivity index (χ2n) is 3.99. The molecular formula is C11H20N2O. The third kappa shape index (κ3) is 3.50. The van der Waals surface area contributed by atoms with Crippen LogP contribution in [0.5, 0.6) is 0 Å². The van der Waals surface area contributed by atoms with Crippen LogP contribution in [0, 0.1) is 5.92 Å². The molecule has 0 aromatic carbocycles. The van der Waals surface area contributed by atoms with Gasteiger partial charge in [-0.1, -0.05) is 12.5 Å². The van der Waals surface area contributed by atoms with Gasteiger partial charge in [0.2, 0.25) is 5.91 Å². The monoisotopic (exact) mass is 196 g/mol. The topological polar surface area (TPSA) is 55.1 Å². The number of rotatable bonds is 4. The van der Waals surface area contributed by atoms with Gasteiger partial charge in [-0.2, -0.15) is 0 Å². The van der Waals surface area contributed by atoms with Gasteiger partial charge in [0.15, 0.2) is 0 Å². The lowest BCUT2D eigenvalue weighted by Crippen LogP contribution is -2.38. The Labute approximate surface area is 85.7 Å². The van der Waals surface area contributed by atoms with Crippen molar-refractivity contribution >= 4 is 5.91 Å². The Morgan fingerprint density at radius 3 is 3.00 bits per heavy atom. The second kappa shape index (κ2) is 5.81. The Kier molecular flexibility index (Phi) is 4.66. The first-order valence-corrected chi connectivity index (χ1v) is 5.38. The van der Waals surface area contributed by atoms with Crippen LogP contribution in [0.15, 0.2) is 12.7 Å². The number of carbonyl (C=O) groups excluding carboxylic acids is 1. The standard InChI is InChI=1S/C11H20N2O/c1-2-3-7-13-11(14)9-5-4-6-10(12)8-9/h2,9-10H,1,3-8,12H2,(H,13,14). The molecule has 1 rings (SSSR count). The number of hydrogen-bond acceptors (Lipinski definition) is 2. The fraction of sp³-hybridized carbons (Fsp3) is 0.727. The normalized spacial score (nSPS) is 26.9. The van der Waals surface area contributed by atoms with Crippen molar-refractivity contribution in [2.75, 3.05) is 6.54 Å². The van der Waals surface area contributed by atoms with Crippen molar-refractivity contribution in [3.05, 3.63) is 12.7 Å². The van der Waals surface area contributed by atoms with Gasteiger partial charge in [-0.3, -0.25) is 4.79 Å². The van der Waals surface area contributed by atoms with E-state index in [4.69, 9.17) is 5.73 Å². The van der Waals surface area contributed by atoms with Crippen molar-refractivity contribution in [2.24, 2.45) is 11.7 Å². The van der Waals surface area contributed by atoms with E-state index >= 15 is 0 Å². The lowest BCUT2D eigenvalue weighted by Gasteiger charge is -2.25. The molecule has 3 heteroatoms. The molecule has 1 aliphatic carbocycles. The molecule has 0 aliphatic heterocycles. The Morgan fingerprint density at radius 2 is 2.36 bits per heavy atom. The summed E-state index contributed by atoms with van der Waals surface area (Å²) in [6, 6.07) is 0.221. The zero-order chi connectivity index (χ0) is 10.4. The molecule has 2 atom stereocenters. The molecule has 1 fully saturated rings. The van der Waals surface area contributed by atoms with E-state index in [0.29, 0.717) is 6.54 Å². The number of carbonyl (C=O) groups is 1. The van der Waals surface area contributed by atoms with Crippen molar-refractivity contribution < 1.29 is 4.79 Å². The molecule has 3 N–H and O–H groups in total. The molecule has 0 aromatic rings. The largest absolute Gasteiger partial charge is 0.356 e. The quantitative estimate of drug-likeness (QED) is 0.524. The van der Waals surface area contributed by atoms with E-state index in [2.05, 4.69) is 11.9 Å². The summed E-state index contributed by atoms with van der Waals surface area (Å²) in [6.07, 6.45) is 6.64. The van der Waals surface area contributed by atoms with Gasteiger partial charge in [0.05, 0.1) is 0 Å². The van der Waals surface area contributed by atoms with E-state index in [1.165, 1.54) is 0 Å². The Hall–Kier alpha value is -0.830. The molecule has 0 bridgehead atoms. The molecule has 14 heavy (non-hydrogen) atoms. The van der Waals surface area contributed by atoms with E-state index in [9.17, 15) is 4.79 Å². The molecule has 80 valence electrons. The average molecular weight is 196 g/mol. The van der Waals surface area contributed by atoms with Crippen LogP contribution in [-0.4, -0.2) is 18.5 Å². The van der Waals surface area contributed by atoms with Gasteiger partial charge < -0.3 is 11.1 Å². The van der Waals surface area contributed by atoms with Gasteiger partial charge in [0.1, 0.15) is 0 Å². The van der Waals surface area contributed by atoms with Crippen molar-refractivity contribution in [2.45, 2.75) is 38.1 Å². The molecule has 2 unspecified atom stereocenters. The SMILES string of the molecule is C=CCCNC(=O)C1CCCC(N)C1. The molecule has 0 saturated heterocycles. The average Bonchev–Trinajstić information content (AvgIpc) is 2.18. The first-order valence-electron chi connectivity index (χ1n) is 5.38. The van der Waals surface area contributed by atoms with Crippen molar-refractivity contribution in [1.82, 2.24) is 5.32 Å². The predicted molar refractivity (Wildman–Crippen MR) is 57.8 cm³/mol. The van der Waals surface area contributed by atoms with Crippen molar-refractivity contribution in [3.63, 3.8) is 0 Å². The number of amides is 1. The van der Waals surface area contributed by atoms with Crippen LogP contribution in [0.4, 0.5) is 0 Å². The summed E-state index contributed by atoms with van der Waals surface area (Å²) < 4.78 is 0. The Morgan fingerprint density at radius 1 is 1.57 bits per heavy atom. The summed E-state index contributed by atoms with van der Waals surface area (Å²) in [7, 11) is 0. The minimum absolute atomic E-state index is 0.142. The van der Waals surface area contributed by atoms with Crippen LogP contribution in [0.25, 0.3) is 0 Å². The highest BCUT2D eigenvalue weighted by Crippen LogP contribution is 2.22. The van der Waals surface area contributed by atoms with Crippen LogP contribution >= 0.6 is 0 Å². The van der Waals surface area contributed by atoms with Gasteiger partial charge in [-0.05, 0) is 25.7 Å². The van der Waals surface area contributed by atoms with Gasteiger partial charge in [0, 0.05) is 18.5 Å². The van der Waals surface area contributed by atoms with Crippen LogP contribution in [0.3, 0.4) is 0 Å². The number of nitrogens with two attached hydrogens (primary N) is 1. The molecular weight excluding hydrogens is 176 g/mol. The summed E-state index contributed by atoms with van der Waals surface area (Å²) in [4.78, 5) is 11.6. The molecule has 0 radical (unpaired) electrons.